The number of hydrogen-bond donors (Lipinski definition) is 0. The summed E-state index contributed by atoms with van der Waals surface area (Å²) in [6, 6.07) is 67.8. The molecule has 10 aromatic carbocycles. The summed E-state index contributed by atoms with van der Waals surface area (Å²) in [5.41, 5.74) is 17.9. The van der Waals surface area contributed by atoms with Gasteiger partial charge in [-0.1, -0.05) is 202 Å². The molecule has 0 saturated heterocycles. The minimum Gasteiger partial charge on any atom is -0.510 e. The first-order valence-electron chi connectivity index (χ1n) is 33.2. The van der Waals surface area contributed by atoms with Gasteiger partial charge in [0.15, 0.2) is 0 Å². The minimum absolute atomic E-state index is 0. The van der Waals surface area contributed by atoms with E-state index in [4.69, 9.17) is 11.1 Å². The summed E-state index contributed by atoms with van der Waals surface area (Å²) in [6.45, 7) is 22.6. The van der Waals surface area contributed by atoms with E-state index in [9.17, 15) is 5.48 Å². The Kier molecular flexibility index (Phi) is 11.7. The van der Waals surface area contributed by atoms with Gasteiger partial charge in [0.2, 0.25) is 0 Å². The predicted molar refractivity (Wildman–Crippen MR) is 362 cm³/mol. The summed E-state index contributed by atoms with van der Waals surface area (Å²) in [5, 5.41) is 4.36. The summed E-state index contributed by atoms with van der Waals surface area (Å²) in [6.07, 6.45) is 7.88. The maximum Gasteiger partial charge on any atom is 0.268 e. The van der Waals surface area contributed by atoms with Gasteiger partial charge in [-0.05, 0) is 161 Å². The topological polar surface area (TPSA) is 40.8 Å². The average Bonchev–Trinajstić information content (AvgIpc) is 1.49. The summed E-state index contributed by atoms with van der Waals surface area (Å²) in [5.74, 6) is 1.74. The molecule has 0 radical (unpaired) electrons. The molecule has 0 fully saturated rings. The van der Waals surface area contributed by atoms with Crippen molar-refractivity contribution in [1.29, 1.82) is 0 Å². The van der Waals surface area contributed by atoms with Gasteiger partial charge in [-0.3, -0.25) is 4.57 Å². The van der Waals surface area contributed by atoms with Gasteiger partial charge in [-0.15, -0.1) is 29.7 Å². The third-order valence-corrected chi connectivity index (χ3v) is 18.9. The molecule has 7 heteroatoms. The van der Waals surface area contributed by atoms with E-state index in [-0.39, 0.29) is 55.0 Å². The van der Waals surface area contributed by atoms with E-state index in [1.165, 1.54) is 16.7 Å². The number of fused-ring (bicyclic) bond motifs is 14. The molecule has 5 heterocycles. The van der Waals surface area contributed by atoms with Crippen LogP contribution in [0, 0.1) is 18.5 Å². The zero-order valence-corrected chi connectivity index (χ0v) is 54.0. The van der Waals surface area contributed by atoms with Crippen LogP contribution < -0.4 is 9.30 Å². The van der Waals surface area contributed by atoms with Crippen LogP contribution in [0.3, 0.4) is 0 Å². The number of rotatable bonds is 6. The van der Waals surface area contributed by atoms with Gasteiger partial charge in [0.1, 0.15) is 5.82 Å². The van der Waals surface area contributed by atoms with E-state index < -0.39 is 23.5 Å². The molecule has 6 nitrogen and oxygen atoms in total. The van der Waals surface area contributed by atoms with Crippen molar-refractivity contribution in [2.24, 2.45) is 0 Å². The standard InChI is InChI=1S/C82H69N5O.Pt/c1-79(2,3)52-37-40-83-76(43-52)87-73-34-21-18-31-62(73)63-36-35-57(47-74(63)87)88-56-26-22-25-54(44-56)84-50-85-77-64(51-23-12-11-13-24-51)41-53(80(4,5)6)42-67(77)66-49-70-69(81(7,8)38-39-82(70,9)10)48-65(66)58-27-14-15-28-59(58)68-45-55(46-75(84)78(68)85)86-71-32-19-16-29-60(71)61-30-17-20-33-72(61)86;/h11-37,40-43,45-46,48-49H,38-39H2,1-10H3;/q-2;/i11D,12D,13D,23D,24D;. The van der Waals surface area contributed by atoms with Crippen LogP contribution in [-0.4, -0.2) is 18.7 Å². The number of para-hydroxylation sites is 3. The number of imidazole rings is 1. The number of benzene rings is 10. The zero-order valence-electron chi connectivity index (χ0n) is 56.7. The van der Waals surface area contributed by atoms with E-state index in [1.54, 1.807) is 0 Å². The number of ether oxygens (including phenoxy) is 1. The van der Waals surface area contributed by atoms with E-state index in [2.05, 4.69) is 258 Å². The Labute approximate surface area is 543 Å². The SMILES string of the molecule is [2H]c1c([2H])c([2H])c(-c2cc(C(C)(C)C)cc3c2-[n+]2[c-]n(-c4[c-]c(Oc5[c-]c6c(cc5)c5ccccc5n6-c5cc(C(C)(C)C)ccn5)ccc4)c4cc(-n5c6ccccc6c6ccccc65)cc(c42)-c2ccccc2-c2cc4c(cc2-3)C(C)(C)CCC4(C)C)c([2H])c1[2H].[Pt]. The van der Waals surface area contributed by atoms with Crippen LogP contribution in [-0.2, 0) is 42.7 Å². The fraction of sp³-hybridized carbons (Fsp3) is 0.195. The molecule has 0 amide bonds. The van der Waals surface area contributed by atoms with Crippen LogP contribution in [0.1, 0.15) is 111 Å². The maximum atomic E-state index is 9.85. The Morgan fingerprint density at radius 2 is 1.08 bits per heavy atom. The molecule has 16 rings (SSSR count). The predicted octanol–water partition coefficient (Wildman–Crippen LogP) is 20.6. The van der Waals surface area contributed by atoms with Crippen LogP contribution in [0.15, 0.2) is 212 Å². The molecule has 89 heavy (non-hydrogen) atoms. The van der Waals surface area contributed by atoms with E-state index in [1.807, 2.05) is 30.5 Å². The summed E-state index contributed by atoms with van der Waals surface area (Å²) < 4.78 is 62.8. The molecule has 0 bridgehead atoms. The van der Waals surface area contributed by atoms with Crippen molar-refractivity contribution in [1.82, 2.24) is 18.7 Å². The second-order valence-corrected chi connectivity index (χ2v) is 27.5. The van der Waals surface area contributed by atoms with E-state index >= 15 is 0 Å². The maximum absolute atomic E-state index is 9.85. The first kappa shape index (κ1) is 50.9. The van der Waals surface area contributed by atoms with Gasteiger partial charge in [0.25, 0.3) is 6.33 Å². The monoisotopic (exact) mass is 1340 g/mol. The molecular weight excluding hydrogens is 1270 g/mol. The van der Waals surface area contributed by atoms with Crippen molar-refractivity contribution < 1.29 is 37.2 Å². The molecule has 2 aliphatic rings. The number of hydrogen-bond acceptors (Lipinski definition) is 2. The van der Waals surface area contributed by atoms with Crippen LogP contribution >= 0.6 is 0 Å². The molecule has 440 valence electrons. The number of pyridine rings is 1. The van der Waals surface area contributed by atoms with Crippen molar-refractivity contribution in [2.45, 2.75) is 104 Å². The smallest absolute Gasteiger partial charge is 0.268 e. The quantitative estimate of drug-likeness (QED) is 0.123. The third-order valence-electron chi connectivity index (χ3n) is 18.9. The zero-order chi connectivity index (χ0) is 64.5. The van der Waals surface area contributed by atoms with Gasteiger partial charge >= 0.3 is 0 Å². The minimum atomic E-state index is -0.462. The fourth-order valence-corrected chi connectivity index (χ4v) is 14.1. The van der Waals surface area contributed by atoms with Crippen LogP contribution in [0.2, 0.25) is 0 Å². The normalized spacial score (nSPS) is 15.0. The van der Waals surface area contributed by atoms with Crippen LogP contribution in [0.5, 0.6) is 11.5 Å². The Hall–Kier alpha value is -9.09. The first-order chi connectivity index (χ1) is 44.4. The van der Waals surface area contributed by atoms with Gasteiger partial charge in [-0.2, -0.15) is 18.2 Å². The van der Waals surface area contributed by atoms with Gasteiger partial charge in [-0.25, -0.2) is 4.98 Å². The largest absolute Gasteiger partial charge is 0.510 e. The molecule has 1 aliphatic heterocycles. The first-order valence-corrected chi connectivity index (χ1v) is 30.7. The Morgan fingerprint density at radius 3 is 1.73 bits per heavy atom. The van der Waals surface area contributed by atoms with Crippen molar-refractivity contribution in [3.8, 4) is 78.9 Å². The van der Waals surface area contributed by atoms with Crippen molar-refractivity contribution in [3.05, 3.63) is 253 Å². The molecule has 0 atom stereocenters. The molecular formula is C82H69N5OPt-2. The van der Waals surface area contributed by atoms with E-state index in [0.717, 1.165) is 118 Å². The van der Waals surface area contributed by atoms with Gasteiger partial charge < -0.3 is 18.4 Å². The Balaban J connectivity index is 0.00000729. The number of aromatic nitrogens is 5. The fourth-order valence-electron chi connectivity index (χ4n) is 14.1. The molecule has 1 aliphatic carbocycles. The summed E-state index contributed by atoms with van der Waals surface area (Å²) in [4.78, 5) is 4.93. The molecule has 0 saturated carbocycles. The van der Waals surface area contributed by atoms with Crippen molar-refractivity contribution >= 4 is 54.6 Å². The van der Waals surface area contributed by atoms with Gasteiger partial charge in [0.05, 0.1) is 34.6 Å². The Bertz CT molecular complexity index is 5460. The summed E-state index contributed by atoms with van der Waals surface area (Å²) >= 11 is 0. The van der Waals surface area contributed by atoms with Crippen molar-refractivity contribution in [2.75, 3.05) is 0 Å². The van der Waals surface area contributed by atoms with Crippen LogP contribution in [0.4, 0.5) is 0 Å². The average molecular weight is 1340 g/mol. The van der Waals surface area contributed by atoms with Crippen molar-refractivity contribution in [3.63, 3.8) is 0 Å². The molecule has 14 aromatic rings. The molecule has 0 spiro atoms. The molecule has 0 N–H and O–H groups in total. The second-order valence-electron chi connectivity index (χ2n) is 27.5. The Morgan fingerprint density at radius 1 is 0.506 bits per heavy atom. The van der Waals surface area contributed by atoms with Gasteiger partial charge in [0, 0.05) is 60.7 Å². The number of nitrogens with zero attached hydrogens (tertiary/aromatic N) is 5. The second kappa shape index (κ2) is 20.5. The van der Waals surface area contributed by atoms with E-state index in [0.29, 0.717) is 28.4 Å². The molecule has 4 aromatic heterocycles. The molecule has 0 unspecified atom stereocenters. The summed E-state index contributed by atoms with van der Waals surface area (Å²) in [7, 11) is 0. The van der Waals surface area contributed by atoms with Crippen LogP contribution in [0.25, 0.3) is 122 Å². The third kappa shape index (κ3) is 9.07.